The van der Waals surface area contributed by atoms with Gasteiger partial charge in [0.1, 0.15) is 5.82 Å². The zero-order chi connectivity index (χ0) is 26.3. The second-order valence-electron chi connectivity index (χ2n) is 11.4. The predicted molar refractivity (Wildman–Crippen MR) is 144 cm³/mol. The van der Waals surface area contributed by atoms with Gasteiger partial charge in [-0.1, -0.05) is 44.7 Å². The van der Waals surface area contributed by atoms with E-state index < -0.39 is 5.60 Å². The molecular weight excluding hydrogens is 490 g/mol. The van der Waals surface area contributed by atoms with Crippen LogP contribution in [-0.2, 0) is 11.8 Å². The van der Waals surface area contributed by atoms with Crippen LogP contribution in [0.5, 0.6) is 0 Å². The number of aliphatic hydroxyl groups is 1. The van der Waals surface area contributed by atoms with Gasteiger partial charge in [0.05, 0.1) is 16.5 Å². The number of hydrogen-bond donors (Lipinski definition) is 1. The van der Waals surface area contributed by atoms with E-state index in [9.17, 15) is 14.7 Å². The number of rotatable bonds is 4. The summed E-state index contributed by atoms with van der Waals surface area (Å²) in [5, 5.41) is 16.9. The summed E-state index contributed by atoms with van der Waals surface area (Å²) in [6, 6.07) is 6.94. The van der Waals surface area contributed by atoms with Crippen molar-refractivity contribution in [2.45, 2.75) is 57.5 Å². The molecule has 200 valence electrons. The Kier molecular flexibility index (Phi) is 7.33. The van der Waals surface area contributed by atoms with Crippen LogP contribution in [0.25, 0.3) is 0 Å². The molecule has 3 fully saturated rings. The molecule has 3 aliphatic rings. The van der Waals surface area contributed by atoms with Crippen LogP contribution in [0.1, 0.15) is 57.6 Å². The smallest absolute Gasteiger partial charge is 0.266 e. The lowest BCUT2D eigenvalue weighted by Gasteiger charge is -2.53. The second kappa shape index (κ2) is 10.4. The minimum Gasteiger partial charge on any atom is -0.389 e. The van der Waals surface area contributed by atoms with Crippen molar-refractivity contribution in [2.24, 2.45) is 30.7 Å². The van der Waals surface area contributed by atoms with Crippen molar-refractivity contribution in [2.75, 3.05) is 31.1 Å². The van der Waals surface area contributed by atoms with Gasteiger partial charge >= 0.3 is 0 Å². The maximum atomic E-state index is 14.1. The molecular formula is C28H38ClN5O3. The fourth-order valence-electron chi connectivity index (χ4n) is 7.10. The fraction of sp³-hybridized carbons (Fsp3) is 0.643. The summed E-state index contributed by atoms with van der Waals surface area (Å²) in [6.45, 7) is 6.40. The summed E-state index contributed by atoms with van der Waals surface area (Å²) in [5.74, 6) is 0.659. The van der Waals surface area contributed by atoms with Crippen LogP contribution in [0.2, 0.25) is 5.02 Å². The number of carbonyl (C=O) groups is 1. The minimum atomic E-state index is -0.727. The standard InChI is InChI=1S/C28H38ClN5O3/c1-18-14-34(15-19(2)28(18,37)20-7-5-4-6-8-20)27(36)23-17-33(25-11-12-26(35)32(3)31-25)16-22(23)24-10-9-21(29)13-30-24/h9-13,18-20,22-23,37H,4-8,14-17H2,1-3H3. The number of nitrogens with zero attached hydrogens (tertiary/aromatic N) is 5. The van der Waals surface area contributed by atoms with Gasteiger partial charge in [-0.2, -0.15) is 5.10 Å². The van der Waals surface area contributed by atoms with Crippen LogP contribution in [0.3, 0.4) is 0 Å². The third-order valence-corrected chi connectivity index (χ3v) is 9.40. The highest BCUT2D eigenvalue weighted by Crippen LogP contribution is 2.45. The molecule has 0 spiro atoms. The molecule has 1 saturated carbocycles. The number of hydrogen-bond acceptors (Lipinski definition) is 6. The Labute approximate surface area is 223 Å². The van der Waals surface area contributed by atoms with E-state index in [4.69, 9.17) is 11.6 Å². The lowest BCUT2D eigenvalue weighted by molar-refractivity contribution is -0.166. The zero-order valence-electron chi connectivity index (χ0n) is 22.0. The molecule has 5 rings (SSSR count). The molecule has 1 N–H and O–H groups in total. The number of halogens is 1. The Morgan fingerprint density at radius 3 is 2.35 bits per heavy atom. The number of carbonyl (C=O) groups excluding carboxylic acids is 1. The average Bonchev–Trinajstić information content (AvgIpc) is 3.34. The van der Waals surface area contributed by atoms with Gasteiger partial charge in [0, 0.05) is 68.9 Å². The van der Waals surface area contributed by atoms with Gasteiger partial charge in [-0.3, -0.25) is 14.6 Å². The predicted octanol–water partition coefficient (Wildman–Crippen LogP) is 3.47. The number of pyridine rings is 1. The Morgan fingerprint density at radius 1 is 1.03 bits per heavy atom. The maximum Gasteiger partial charge on any atom is 0.266 e. The SMILES string of the molecule is CC1CN(C(=O)C2CN(c3ccc(=O)n(C)n3)CC2c2ccc(Cl)cn2)CC(C)C1(O)C1CCCCC1. The second-order valence-corrected chi connectivity index (χ2v) is 11.9. The van der Waals surface area contributed by atoms with E-state index in [1.54, 1.807) is 19.3 Å². The molecule has 4 atom stereocenters. The molecule has 37 heavy (non-hydrogen) atoms. The first-order valence-corrected chi connectivity index (χ1v) is 14.0. The van der Waals surface area contributed by atoms with Crippen molar-refractivity contribution in [1.29, 1.82) is 0 Å². The highest BCUT2D eigenvalue weighted by Gasteiger charge is 2.52. The zero-order valence-corrected chi connectivity index (χ0v) is 22.8. The van der Waals surface area contributed by atoms with E-state index >= 15 is 0 Å². The van der Waals surface area contributed by atoms with Crippen LogP contribution in [0.15, 0.2) is 35.3 Å². The molecule has 0 bridgehead atoms. The number of likely N-dealkylation sites (tertiary alicyclic amines) is 1. The molecule has 2 aromatic rings. The first kappa shape index (κ1) is 26.2. The van der Waals surface area contributed by atoms with E-state index in [0.29, 0.717) is 42.9 Å². The van der Waals surface area contributed by atoms with Gasteiger partial charge in [-0.25, -0.2) is 4.68 Å². The molecule has 1 amide bonds. The number of aryl methyl sites for hydroxylation is 1. The number of piperidine rings is 1. The van der Waals surface area contributed by atoms with Crippen molar-refractivity contribution in [3.05, 3.63) is 51.5 Å². The van der Waals surface area contributed by atoms with E-state index in [2.05, 4.69) is 28.8 Å². The van der Waals surface area contributed by atoms with Crippen molar-refractivity contribution < 1.29 is 9.90 Å². The average molecular weight is 528 g/mol. The Hall–Kier alpha value is -2.45. The summed E-state index contributed by atoms with van der Waals surface area (Å²) in [6.07, 6.45) is 7.40. The monoisotopic (exact) mass is 527 g/mol. The van der Waals surface area contributed by atoms with Gasteiger partial charge in [-0.05, 0) is 37.0 Å². The number of anilines is 1. The summed E-state index contributed by atoms with van der Waals surface area (Å²) in [5.41, 5.74) is -0.0745. The van der Waals surface area contributed by atoms with E-state index in [0.717, 1.165) is 18.5 Å². The molecule has 2 saturated heterocycles. The van der Waals surface area contributed by atoms with Crippen molar-refractivity contribution in [1.82, 2.24) is 19.7 Å². The summed E-state index contributed by atoms with van der Waals surface area (Å²) >= 11 is 6.10. The third-order valence-electron chi connectivity index (χ3n) is 9.18. The van der Waals surface area contributed by atoms with E-state index in [1.807, 2.05) is 17.0 Å². The van der Waals surface area contributed by atoms with Crippen LogP contribution < -0.4 is 10.5 Å². The quantitative estimate of drug-likeness (QED) is 0.654. The normalized spacial score (nSPS) is 31.1. The molecule has 4 unspecified atom stereocenters. The number of aromatic nitrogens is 3. The van der Waals surface area contributed by atoms with E-state index in [1.165, 1.54) is 30.0 Å². The van der Waals surface area contributed by atoms with E-state index in [-0.39, 0.29) is 35.1 Å². The Balaban J connectivity index is 1.39. The van der Waals surface area contributed by atoms with Gasteiger partial charge in [0.15, 0.2) is 0 Å². The topological polar surface area (TPSA) is 91.6 Å². The molecule has 8 nitrogen and oxygen atoms in total. The van der Waals surface area contributed by atoms with Gasteiger partial charge in [0.2, 0.25) is 5.91 Å². The van der Waals surface area contributed by atoms with Gasteiger partial charge in [0.25, 0.3) is 5.56 Å². The fourth-order valence-corrected chi connectivity index (χ4v) is 7.22. The van der Waals surface area contributed by atoms with Crippen molar-refractivity contribution in [3.63, 3.8) is 0 Å². The van der Waals surface area contributed by atoms with Crippen molar-refractivity contribution in [3.8, 4) is 0 Å². The van der Waals surface area contributed by atoms with Crippen LogP contribution in [-0.4, -0.2) is 62.5 Å². The number of amides is 1. The lowest BCUT2D eigenvalue weighted by Crippen LogP contribution is -2.62. The van der Waals surface area contributed by atoms with Crippen LogP contribution >= 0.6 is 11.6 Å². The molecule has 9 heteroatoms. The van der Waals surface area contributed by atoms with Crippen LogP contribution in [0.4, 0.5) is 5.82 Å². The molecule has 0 radical (unpaired) electrons. The van der Waals surface area contributed by atoms with Gasteiger partial charge in [-0.15, -0.1) is 0 Å². The summed E-state index contributed by atoms with van der Waals surface area (Å²) < 4.78 is 1.32. The Bertz CT molecular complexity index is 1170. The molecule has 1 aliphatic carbocycles. The lowest BCUT2D eigenvalue weighted by atomic mass is 9.63. The Morgan fingerprint density at radius 2 is 1.73 bits per heavy atom. The maximum absolute atomic E-state index is 14.1. The van der Waals surface area contributed by atoms with Gasteiger partial charge < -0.3 is 14.9 Å². The molecule has 2 aromatic heterocycles. The molecule has 4 heterocycles. The van der Waals surface area contributed by atoms with Crippen molar-refractivity contribution >= 4 is 23.3 Å². The molecule has 0 aromatic carbocycles. The first-order valence-electron chi connectivity index (χ1n) is 13.6. The molecule has 2 aliphatic heterocycles. The highest BCUT2D eigenvalue weighted by molar-refractivity contribution is 6.30. The first-order chi connectivity index (χ1) is 17.7. The summed E-state index contributed by atoms with van der Waals surface area (Å²) in [7, 11) is 1.63. The summed E-state index contributed by atoms with van der Waals surface area (Å²) in [4.78, 5) is 34.6. The van der Waals surface area contributed by atoms with Crippen LogP contribution in [0, 0.1) is 23.7 Å². The third kappa shape index (κ3) is 4.90. The highest BCUT2D eigenvalue weighted by atomic mass is 35.5. The largest absolute Gasteiger partial charge is 0.389 e. The minimum absolute atomic E-state index is 0.0122.